The third-order valence-corrected chi connectivity index (χ3v) is 3.98. The van der Waals surface area contributed by atoms with E-state index in [0.717, 1.165) is 12.1 Å². The Bertz CT molecular complexity index is 181. The van der Waals surface area contributed by atoms with E-state index in [-0.39, 0.29) is 0 Å². The maximum absolute atomic E-state index is 3.58. The van der Waals surface area contributed by atoms with E-state index in [2.05, 4.69) is 29.2 Å². The molecule has 0 aromatic rings. The van der Waals surface area contributed by atoms with E-state index >= 15 is 0 Å². The molecule has 0 saturated carbocycles. The lowest BCUT2D eigenvalue weighted by Crippen LogP contribution is -2.46. The second-order valence-corrected chi connectivity index (χ2v) is 5.27. The standard InChI is InChI=1S/C12H25N3/c1-14-8-5-12(6-9-14)15(2)10-11-4-3-7-13-11/h11-13H,3-10H2,1-2H3/t11-/m1/s1. The molecule has 2 saturated heterocycles. The summed E-state index contributed by atoms with van der Waals surface area (Å²) in [6.07, 6.45) is 5.43. The summed E-state index contributed by atoms with van der Waals surface area (Å²) in [6.45, 7) is 5.01. The Balaban J connectivity index is 1.72. The molecule has 0 amide bonds. The van der Waals surface area contributed by atoms with E-state index in [9.17, 15) is 0 Å². The summed E-state index contributed by atoms with van der Waals surface area (Å²) in [7, 11) is 4.53. The highest BCUT2D eigenvalue weighted by molar-refractivity contribution is 4.82. The predicted octanol–water partition coefficient (Wildman–Crippen LogP) is 0.764. The molecule has 0 aliphatic carbocycles. The van der Waals surface area contributed by atoms with Crippen molar-refractivity contribution in [3.8, 4) is 0 Å². The van der Waals surface area contributed by atoms with Crippen LogP contribution in [0.4, 0.5) is 0 Å². The lowest BCUT2D eigenvalue weighted by Gasteiger charge is -2.36. The van der Waals surface area contributed by atoms with Crippen LogP contribution in [0.2, 0.25) is 0 Å². The molecule has 88 valence electrons. The maximum Gasteiger partial charge on any atom is 0.0195 e. The molecule has 1 N–H and O–H groups in total. The highest BCUT2D eigenvalue weighted by atomic mass is 15.2. The summed E-state index contributed by atoms with van der Waals surface area (Å²) in [6, 6.07) is 1.58. The van der Waals surface area contributed by atoms with Gasteiger partial charge in [-0.3, -0.25) is 0 Å². The first kappa shape index (κ1) is 11.4. The largest absolute Gasteiger partial charge is 0.313 e. The molecule has 2 rings (SSSR count). The zero-order valence-corrected chi connectivity index (χ0v) is 10.2. The molecule has 2 heterocycles. The quantitative estimate of drug-likeness (QED) is 0.744. The van der Waals surface area contributed by atoms with E-state index < -0.39 is 0 Å². The summed E-state index contributed by atoms with van der Waals surface area (Å²) >= 11 is 0. The van der Waals surface area contributed by atoms with Gasteiger partial charge < -0.3 is 15.1 Å². The number of hydrogen-bond donors (Lipinski definition) is 1. The van der Waals surface area contributed by atoms with Crippen LogP contribution < -0.4 is 5.32 Å². The molecule has 15 heavy (non-hydrogen) atoms. The van der Waals surface area contributed by atoms with Crippen molar-refractivity contribution in [3.63, 3.8) is 0 Å². The zero-order valence-electron chi connectivity index (χ0n) is 10.2. The van der Waals surface area contributed by atoms with Crippen LogP contribution in [0, 0.1) is 0 Å². The molecule has 0 unspecified atom stereocenters. The van der Waals surface area contributed by atoms with E-state index in [1.165, 1.54) is 51.9 Å². The van der Waals surface area contributed by atoms with Gasteiger partial charge in [-0.1, -0.05) is 0 Å². The van der Waals surface area contributed by atoms with Crippen molar-refractivity contribution >= 4 is 0 Å². The summed E-state index contributed by atoms with van der Waals surface area (Å²) in [5.74, 6) is 0. The van der Waals surface area contributed by atoms with Gasteiger partial charge in [0.25, 0.3) is 0 Å². The molecule has 3 nitrogen and oxygen atoms in total. The first-order valence-electron chi connectivity index (χ1n) is 6.38. The molecule has 2 aliphatic rings. The molecular weight excluding hydrogens is 186 g/mol. The summed E-state index contributed by atoms with van der Waals surface area (Å²) in [5.41, 5.74) is 0. The van der Waals surface area contributed by atoms with Crippen LogP contribution in [0.15, 0.2) is 0 Å². The lowest BCUT2D eigenvalue weighted by molar-refractivity contribution is 0.136. The van der Waals surface area contributed by atoms with Crippen molar-refractivity contribution < 1.29 is 0 Å². The summed E-state index contributed by atoms with van der Waals surface area (Å²) < 4.78 is 0. The minimum absolute atomic E-state index is 0.759. The molecule has 0 spiro atoms. The number of piperidine rings is 1. The zero-order chi connectivity index (χ0) is 10.7. The number of nitrogens with zero attached hydrogens (tertiary/aromatic N) is 2. The molecule has 0 bridgehead atoms. The monoisotopic (exact) mass is 211 g/mol. The second kappa shape index (κ2) is 5.28. The van der Waals surface area contributed by atoms with Gasteiger partial charge >= 0.3 is 0 Å². The Morgan fingerprint density at radius 1 is 1.27 bits per heavy atom. The molecule has 2 fully saturated rings. The Hall–Kier alpha value is -0.120. The third kappa shape index (κ3) is 3.16. The predicted molar refractivity (Wildman–Crippen MR) is 64.2 cm³/mol. The number of hydrogen-bond acceptors (Lipinski definition) is 3. The van der Waals surface area contributed by atoms with Gasteiger partial charge in [-0.25, -0.2) is 0 Å². The van der Waals surface area contributed by atoms with Crippen LogP contribution in [0.5, 0.6) is 0 Å². The molecule has 0 aromatic carbocycles. The fourth-order valence-electron chi connectivity index (χ4n) is 2.84. The minimum atomic E-state index is 0.759. The fraction of sp³-hybridized carbons (Fsp3) is 1.00. The van der Waals surface area contributed by atoms with Gasteiger partial charge in [0.1, 0.15) is 0 Å². The molecule has 1 atom stereocenters. The van der Waals surface area contributed by atoms with Crippen LogP contribution in [-0.2, 0) is 0 Å². The Morgan fingerprint density at radius 3 is 2.60 bits per heavy atom. The molecular formula is C12H25N3. The number of likely N-dealkylation sites (tertiary alicyclic amines) is 1. The number of nitrogens with one attached hydrogen (secondary N) is 1. The third-order valence-electron chi connectivity index (χ3n) is 3.98. The highest BCUT2D eigenvalue weighted by Crippen LogP contribution is 2.16. The van der Waals surface area contributed by atoms with Crippen LogP contribution in [-0.4, -0.2) is 62.2 Å². The van der Waals surface area contributed by atoms with E-state index in [4.69, 9.17) is 0 Å². The molecule has 3 heteroatoms. The first-order chi connectivity index (χ1) is 7.25. The van der Waals surface area contributed by atoms with Crippen LogP contribution >= 0.6 is 0 Å². The lowest BCUT2D eigenvalue weighted by atomic mass is 10.0. The average Bonchev–Trinajstić information content (AvgIpc) is 2.71. The van der Waals surface area contributed by atoms with Gasteiger partial charge in [-0.05, 0) is 59.4 Å². The minimum Gasteiger partial charge on any atom is -0.313 e. The smallest absolute Gasteiger partial charge is 0.0195 e. The van der Waals surface area contributed by atoms with Crippen molar-refractivity contribution in [2.75, 3.05) is 40.3 Å². The fourth-order valence-corrected chi connectivity index (χ4v) is 2.84. The second-order valence-electron chi connectivity index (χ2n) is 5.27. The first-order valence-corrected chi connectivity index (χ1v) is 6.38. The van der Waals surface area contributed by atoms with Crippen molar-refractivity contribution in [2.24, 2.45) is 0 Å². The summed E-state index contributed by atoms with van der Waals surface area (Å²) in [4.78, 5) is 5.02. The SMILES string of the molecule is CN1CCC(N(C)C[C@H]2CCCN2)CC1. The summed E-state index contributed by atoms with van der Waals surface area (Å²) in [5, 5.41) is 3.58. The van der Waals surface area contributed by atoms with E-state index in [1.54, 1.807) is 0 Å². The molecule has 0 aromatic heterocycles. The van der Waals surface area contributed by atoms with Gasteiger partial charge in [0.15, 0.2) is 0 Å². The Kier molecular flexibility index (Phi) is 4.00. The van der Waals surface area contributed by atoms with Crippen LogP contribution in [0.1, 0.15) is 25.7 Å². The Labute approximate surface area is 93.8 Å². The van der Waals surface area contributed by atoms with E-state index in [1.807, 2.05) is 0 Å². The normalized spacial score (nSPS) is 30.2. The maximum atomic E-state index is 3.58. The number of rotatable bonds is 3. The Morgan fingerprint density at radius 2 is 2.00 bits per heavy atom. The highest BCUT2D eigenvalue weighted by Gasteiger charge is 2.23. The van der Waals surface area contributed by atoms with Crippen molar-refractivity contribution in [2.45, 2.75) is 37.8 Å². The average molecular weight is 211 g/mol. The van der Waals surface area contributed by atoms with E-state index in [0.29, 0.717) is 0 Å². The molecule has 2 aliphatic heterocycles. The van der Waals surface area contributed by atoms with Crippen molar-refractivity contribution in [1.29, 1.82) is 0 Å². The number of likely N-dealkylation sites (N-methyl/N-ethyl adjacent to an activating group) is 1. The van der Waals surface area contributed by atoms with Gasteiger partial charge in [-0.2, -0.15) is 0 Å². The van der Waals surface area contributed by atoms with Gasteiger partial charge in [0, 0.05) is 18.6 Å². The van der Waals surface area contributed by atoms with Crippen molar-refractivity contribution in [3.05, 3.63) is 0 Å². The van der Waals surface area contributed by atoms with Crippen LogP contribution in [0.25, 0.3) is 0 Å². The van der Waals surface area contributed by atoms with Gasteiger partial charge in [-0.15, -0.1) is 0 Å². The topological polar surface area (TPSA) is 18.5 Å². The van der Waals surface area contributed by atoms with Crippen molar-refractivity contribution in [1.82, 2.24) is 15.1 Å². The molecule has 0 radical (unpaired) electrons. The van der Waals surface area contributed by atoms with Gasteiger partial charge in [0.2, 0.25) is 0 Å². The van der Waals surface area contributed by atoms with Crippen LogP contribution in [0.3, 0.4) is 0 Å². The van der Waals surface area contributed by atoms with Gasteiger partial charge in [0.05, 0.1) is 0 Å².